The Kier molecular flexibility index (Phi) is 6.59. The molecule has 156 valence electrons. The summed E-state index contributed by atoms with van der Waals surface area (Å²) in [5.41, 5.74) is 2.08. The average Bonchev–Trinajstić information content (AvgIpc) is 2.73. The molecule has 0 nitrogen and oxygen atoms in total. The first-order valence-corrected chi connectivity index (χ1v) is 11.7. The van der Waals surface area contributed by atoms with Gasteiger partial charge in [-0.3, -0.25) is 0 Å². The Balaban J connectivity index is 1.44. The summed E-state index contributed by atoms with van der Waals surface area (Å²) in [6, 6.07) is 10.00. The number of hydrogen-bond donors (Lipinski definition) is 0. The lowest BCUT2D eigenvalue weighted by Crippen LogP contribution is -2.30. The predicted octanol–water partition coefficient (Wildman–Crippen LogP) is 8.78. The van der Waals surface area contributed by atoms with Gasteiger partial charge >= 0.3 is 0 Å². The van der Waals surface area contributed by atoms with Gasteiger partial charge in [0.2, 0.25) is 0 Å². The second-order valence-corrected chi connectivity index (χ2v) is 9.63. The van der Waals surface area contributed by atoms with E-state index in [1.807, 2.05) is 6.07 Å². The summed E-state index contributed by atoms with van der Waals surface area (Å²) in [6.07, 6.45) is 11.8. The van der Waals surface area contributed by atoms with Crippen molar-refractivity contribution in [2.24, 2.45) is 17.8 Å². The minimum Gasteiger partial charge on any atom is -0.206 e. The summed E-state index contributed by atoms with van der Waals surface area (Å²) in [6.45, 7) is 2.28. The van der Waals surface area contributed by atoms with Crippen LogP contribution in [-0.4, -0.2) is 0 Å². The maximum absolute atomic E-state index is 14.9. The van der Waals surface area contributed by atoms with E-state index >= 15 is 0 Å². The molecule has 2 aromatic carbocycles. The highest BCUT2D eigenvalue weighted by atomic mass is 35.5. The van der Waals surface area contributed by atoms with E-state index in [0.29, 0.717) is 17.0 Å². The lowest BCUT2D eigenvalue weighted by atomic mass is 9.63. The molecule has 0 N–H and O–H groups in total. The molecule has 4 atom stereocenters. The van der Waals surface area contributed by atoms with Crippen LogP contribution in [-0.2, 0) is 0 Å². The average molecular weight is 417 g/mol. The molecule has 29 heavy (non-hydrogen) atoms. The van der Waals surface area contributed by atoms with Gasteiger partial charge < -0.3 is 0 Å². The van der Waals surface area contributed by atoms with E-state index in [9.17, 15) is 8.78 Å². The summed E-state index contributed by atoms with van der Waals surface area (Å²) < 4.78 is 28.6. The van der Waals surface area contributed by atoms with Crippen LogP contribution < -0.4 is 0 Å². The Labute approximate surface area is 178 Å². The first-order valence-electron chi connectivity index (χ1n) is 11.3. The Morgan fingerprint density at radius 1 is 0.897 bits per heavy atom. The maximum Gasteiger partial charge on any atom is 0.142 e. The maximum atomic E-state index is 14.9. The molecular formula is C26H31ClF2. The molecule has 2 saturated carbocycles. The SMILES string of the molecule is CCCCC1CCC2CC(c3ccc(-c4ccc(Cl)c(F)c4)c(F)c3)CCC2C1. The largest absolute Gasteiger partial charge is 0.206 e. The van der Waals surface area contributed by atoms with Gasteiger partial charge in [-0.2, -0.15) is 0 Å². The van der Waals surface area contributed by atoms with Gasteiger partial charge in [-0.15, -0.1) is 0 Å². The molecule has 0 bridgehead atoms. The van der Waals surface area contributed by atoms with Crippen molar-refractivity contribution in [2.45, 2.75) is 70.6 Å². The molecule has 0 saturated heterocycles. The van der Waals surface area contributed by atoms with Crippen LogP contribution in [0.2, 0.25) is 5.02 Å². The fourth-order valence-electron chi connectivity index (χ4n) is 5.73. The molecule has 4 rings (SSSR count). The van der Waals surface area contributed by atoms with Gasteiger partial charge in [0.15, 0.2) is 0 Å². The Bertz CT molecular complexity index is 847. The molecule has 4 unspecified atom stereocenters. The highest BCUT2D eigenvalue weighted by molar-refractivity contribution is 6.30. The molecule has 0 aromatic heterocycles. The third-order valence-electron chi connectivity index (χ3n) is 7.38. The van der Waals surface area contributed by atoms with Gasteiger partial charge in [0, 0.05) is 5.56 Å². The van der Waals surface area contributed by atoms with Crippen LogP contribution in [0, 0.1) is 29.4 Å². The van der Waals surface area contributed by atoms with Crippen molar-refractivity contribution in [3.63, 3.8) is 0 Å². The zero-order valence-corrected chi connectivity index (χ0v) is 18.0. The van der Waals surface area contributed by atoms with Crippen molar-refractivity contribution in [2.75, 3.05) is 0 Å². The Morgan fingerprint density at radius 3 is 2.45 bits per heavy atom. The number of rotatable bonds is 5. The molecule has 0 aliphatic heterocycles. The van der Waals surface area contributed by atoms with Crippen LogP contribution in [0.1, 0.15) is 76.2 Å². The van der Waals surface area contributed by atoms with E-state index in [4.69, 9.17) is 11.6 Å². The zero-order valence-electron chi connectivity index (χ0n) is 17.3. The molecule has 2 aliphatic rings. The highest BCUT2D eigenvalue weighted by Crippen LogP contribution is 2.48. The van der Waals surface area contributed by atoms with Crippen LogP contribution in [0.4, 0.5) is 8.78 Å². The quantitative estimate of drug-likeness (QED) is 0.456. The number of benzene rings is 2. The van der Waals surface area contributed by atoms with Gasteiger partial charge in [0.1, 0.15) is 11.6 Å². The monoisotopic (exact) mass is 416 g/mol. The standard InChI is InChI=1S/C26H31ClF2/c1-2-3-4-17-5-6-19-14-20(8-7-18(19)13-17)21-9-11-23(25(28)15-21)22-10-12-24(27)26(29)16-22/h9-12,15-20H,2-8,13-14H2,1H3. The van der Waals surface area contributed by atoms with Gasteiger partial charge in [0.25, 0.3) is 0 Å². The number of hydrogen-bond acceptors (Lipinski definition) is 0. The minimum atomic E-state index is -0.513. The summed E-state index contributed by atoms with van der Waals surface area (Å²) in [7, 11) is 0. The van der Waals surface area contributed by atoms with Crippen LogP contribution in [0.25, 0.3) is 11.1 Å². The second kappa shape index (κ2) is 9.16. The van der Waals surface area contributed by atoms with E-state index in [2.05, 4.69) is 6.92 Å². The topological polar surface area (TPSA) is 0 Å². The summed E-state index contributed by atoms with van der Waals surface area (Å²) in [5, 5.41) is 0.0620. The van der Waals surface area contributed by atoms with Crippen LogP contribution in [0.3, 0.4) is 0 Å². The molecule has 0 radical (unpaired) electrons. The predicted molar refractivity (Wildman–Crippen MR) is 117 cm³/mol. The zero-order chi connectivity index (χ0) is 20.4. The van der Waals surface area contributed by atoms with Crippen molar-refractivity contribution < 1.29 is 8.78 Å². The highest BCUT2D eigenvalue weighted by Gasteiger charge is 2.35. The Hall–Kier alpha value is -1.41. The van der Waals surface area contributed by atoms with Gasteiger partial charge in [-0.25, -0.2) is 8.78 Å². The summed E-state index contributed by atoms with van der Waals surface area (Å²) in [4.78, 5) is 0. The second-order valence-electron chi connectivity index (χ2n) is 9.22. The van der Waals surface area contributed by atoms with E-state index < -0.39 is 5.82 Å². The van der Waals surface area contributed by atoms with Crippen molar-refractivity contribution >= 4 is 11.6 Å². The van der Waals surface area contributed by atoms with E-state index in [1.165, 1.54) is 63.5 Å². The van der Waals surface area contributed by atoms with Crippen LogP contribution in [0.5, 0.6) is 0 Å². The van der Waals surface area contributed by atoms with Crippen LogP contribution >= 0.6 is 11.6 Å². The molecule has 0 spiro atoms. The van der Waals surface area contributed by atoms with Gasteiger partial charge in [0.05, 0.1) is 5.02 Å². The first-order chi connectivity index (χ1) is 14.0. The third kappa shape index (κ3) is 4.68. The lowest BCUT2D eigenvalue weighted by molar-refractivity contribution is 0.113. The van der Waals surface area contributed by atoms with Crippen molar-refractivity contribution in [1.82, 2.24) is 0 Å². The summed E-state index contributed by atoms with van der Waals surface area (Å²) >= 11 is 5.76. The molecule has 0 heterocycles. The summed E-state index contributed by atoms with van der Waals surface area (Å²) in [5.74, 6) is 2.29. The van der Waals surface area contributed by atoms with Crippen LogP contribution in [0.15, 0.2) is 36.4 Å². The van der Waals surface area contributed by atoms with E-state index in [0.717, 1.165) is 29.7 Å². The van der Waals surface area contributed by atoms with E-state index in [1.54, 1.807) is 18.2 Å². The van der Waals surface area contributed by atoms with E-state index in [-0.39, 0.29) is 10.8 Å². The van der Waals surface area contributed by atoms with Crippen molar-refractivity contribution in [3.8, 4) is 11.1 Å². The van der Waals surface area contributed by atoms with Gasteiger partial charge in [-0.05, 0) is 85.1 Å². The molecule has 0 amide bonds. The minimum absolute atomic E-state index is 0.0620. The normalized spacial score (nSPS) is 26.9. The molecule has 3 heteroatoms. The fraction of sp³-hybridized carbons (Fsp3) is 0.538. The Morgan fingerprint density at radius 2 is 1.69 bits per heavy atom. The molecule has 2 aliphatic carbocycles. The molecular weight excluding hydrogens is 386 g/mol. The number of halogens is 3. The van der Waals surface area contributed by atoms with Crippen molar-refractivity contribution in [1.29, 1.82) is 0 Å². The first kappa shape index (κ1) is 20.8. The third-order valence-corrected chi connectivity index (χ3v) is 7.69. The fourth-order valence-corrected chi connectivity index (χ4v) is 5.84. The smallest absolute Gasteiger partial charge is 0.142 e. The lowest BCUT2D eigenvalue weighted by Gasteiger charge is -2.42. The molecule has 2 fully saturated rings. The number of fused-ring (bicyclic) bond motifs is 1. The van der Waals surface area contributed by atoms with Crippen molar-refractivity contribution in [3.05, 3.63) is 58.6 Å². The number of unbranched alkanes of at least 4 members (excludes halogenated alkanes) is 1. The van der Waals surface area contributed by atoms with Gasteiger partial charge in [-0.1, -0.05) is 62.4 Å². The molecule has 2 aromatic rings.